The third-order valence-electron chi connectivity index (χ3n) is 6.00. The maximum Gasteiger partial charge on any atom is 0.332 e. The molecule has 0 saturated carbocycles. The molecule has 3 atom stereocenters. The molecule has 202 valence electrons. The summed E-state index contributed by atoms with van der Waals surface area (Å²) in [7, 11) is -4.46. The van der Waals surface area contributed by atoms with Gasteiger partial charge < -0.3 is 9.47 Å². The number of amides is 1. The smallest absolute Gasteiger partial charge is 0.332 e. The van der Waals surface area contributed by atoms with E-state index in [0.29, 0.717) is 10.6 Å². The Labute approximate surface area is 224 Å². The van der Waals surface area contributed by atoms with Crippen LogP contribution in [0.2, 0.25) is 0 Å². The van der Waals surface area contributed by atoms with Gasteiger partial charge in [-0.05, 0) is 27.8 Å². The fourth-order valence-electron chi connectivity index (χ4n) is 4.12. The van der Waals surface area contributed by atoms with Gasteiger partial charge in [0.1, 0.15) is 6.10 Å². The van der Waals surface area contributed by atoms with Gasteiger partial charge in [0.2, 0.25) is 5.91 Å². The van der Waals surface area contributed by atoms with Crippen LogP contribution in [-0.2, 0) is 35.7 Å². The number of carbonyl (C=O) groups excluding carboxylic acids is 2. The lowest BCUT2D eigenvalue weighted by molar-refractivity contribution is -0.384. The number of hydrogen-bond acceptors (Lipinski definition) is 9. The summed E-state index contributed by atoms with van der Waals surface area (Å²) in [6.45, 7) is 1.33. The maximum absolute atomic E-state index is 13.1. The van der Waals surface area contributed by atoms with Crippen LogP contribution in [0.4, 0.5) is 5.69 Å². The second kappa shape index (κ2) is 11.9. The molecule has 0 spiro atoms. The summed E-state index contributed by atoms with van der Waals surface area (Å²) in [6.07, 6.45) is -0.789. The number of hydrogen-bond donors (Lipinski definition) is 0. The first-order valence-electron chi connectivity index (χ1n) is 11.8. The molecule has 4 rings (SSSR count). The van der Waals surface area contributed by atoms with Crippen molar-refractivity contribution in [3.05, 3.63) is 106 Å². The van der Waals surface area contributed by atoms with Crippen LogP contribution in [0.15, 0.2) is 99.6 Å². The molecular weight excluding hydrogens is 528 g/mol. The molecule has 12 nitrogen and oxygen atoms in total. The first-order valence-corrected chi connectivity index (χ1v) is 13.2. The Hall–Kier alpha value is -4.49. The number of nitro groups is 1. The van der Waals surface area contributed by atoms with E-state index in [4.69, 9.17) is 9.47 Å². The molecular formula is C26H24N4O8S. The van der Waals surface area contributed by atoms with E-state index >= 15 is 0 Å². The Balaban J connectivity index is 1.61. The molecule has 0 bridgehead atoms. The van der Waals surface area contributed by atoms with Crippen molar-refractivity contribution in [1.82, 2.24) is 5.01 Å². The molecule has 0 aliphatic carbocycles. The van der Waals surface area contributed by atoms with Crippen LogP contribution in [0.3, 0.4) is 0 Å². The van der Waals surface area contributed by atoms with E-state index in [-0.39, 0.29) is 23.8 Å². The Morgan fingerprint density at radius 3 is 2.23 bits per heavy atom. The normalized spacial score (nSPS) is 19.1. The molecule has 1 amide bonds. The number of esters is 1. The van der Waals surface area contributed by atoms with Gasteiger partial charge in [-0.25, -0.2) is 4.79 Å². The molecule has 1 saturated heterocycles. The summed E-state index contributed by atoms with van der Waals surface area (Å²) in [5.41, 5.74) is 1.25. The number of nitrogens with zero attached hydrogens (tertiary/aromatic N) is 4. The van der Waals surface area contributed by atoms with Crippen LogP contribution in [0.5, 0.6) is 0 Å². The van der Waals surface area contributed by atoms with Gasteiger partial charge in [0.05, 0.1) is 29.0 Å². The minimum absolute atomic E-state index is 0.0146. The number of benzene rings is 3. The summed E-state index contributed by atoms with van der Waals surface area (Å²) < 4.78 is 40.3. The number of rotatable bonds is 10. The lowest BCUT2D eigenvalue weighted by Gasteiger charge is -2.25. The second-order valence-electron chi connectivity index (χ2n) is 8.64. The van der Waals surface area contributed by atoms with Crippen molar-refractivity contribution in [2.75, 3.05) is 6.61 Å². The van der Waals surface area contributed by atoms with Crippen molar-refractivity contribution in [3.63, 3.8) is 0 Å². The fourth-order valence-corrected chi connectivity index (χ4v) is 4.87. The van der Waals surface area contributed by atoms with Gasteiger partial charge in [0.25, 0.3) is 5.69 Å². The lowest BCUT2D eigenvalue weighted by Crippen LogP contribution is -2.43. The van der Waals surface area contributed by atoms with Gasteiger partial charge >= 0.3 is 16.0 Å². The van der Waals surface area contributed by atoms with Crippen LogP contribution >= 0.6 is 0 Å². The van der Waals surface area contributed by atoms with Crippen LogP contribution in [0.25, 0.3) is 0 Å². The predicted octanol–water partition coefficient (Wildman–Crippen LogP) is 4.00. The summed E-state index contributed by atoms with van der Waals surface area (Å²) in [5.74, 6) is -2.28. The van der Waals surface area contributed by atoms with Crippen molar-refractivity contribution in [1.29, 1.82) is 0 Å². The van der Waals surface area contributed by atoms with Gasteiger partial charge in [0.15, 0.2) is 6.04 Å². The van der Waals surface area contributed by atoms with Gasteiger partial charge in [-0.2, -0.15) is 13.4 Å². The largest absolute Gasteiger partial charge is 0.455 e. The highest BCUT2D eigenvalue weighted by atomic mass is 32.2. The number of sulfonamides is 1. The van der Waals surface area contributed by atoms with Gasteiger partial charge in [-0.3, -0.25) is 14.9 Å². The van der Waals surface area contributed by atoms with Crippen LogP contribution in [0.1, 0.15) is 24.2 Å². The van der Waals surface area contributed by atoms with Crippen LogP contribution < -0.4 is 0 Å². The maximum atomic E-state index is 13.1. The topological polar surface area (TPSA) is 158 Å². The van der Waals surface area contributed by atoms with Crippen LogP contribution in [-0.4, -0.2) is 42.9 Å². The summed E-state index contributed by atoms with van der Waals surface area (Å²) >= 11 is 0. The summed E-state index contributed by atoms with van der Waals surface area (Å²) in [4.78, 5) is 35.5. The van der Waals surface area contributed by atoms with Crippen LogP contribution in [0, 0.1) is 16.0 Å². The highest BCUT2D eigenvalue weighted by molar-refractivity contribution is 7.90. The first kappa shape index (κ1) is 27.5. The Kier molecular flexibility index (Phi) is 8.42. The van der Waals surface area contributed by atoms with Gasteiger partial charge in [-0.1, -0.05) is 65.9 Å². The molecule has 13 heteroatoms. The molecule has 1 aliphatic heterocycles. The molecule has 1 fully saturated rings. The lowest BCUT2D eigenvalue weighted by atomic mass is 9.92. The average Bonchev–Trinajstić information content (AvgIpc) is 3.25. The zero-order valence-corrected chi connectivity index (χ0v) is 21.5. The highest BCUT2D eigenvalue weighted by Crippen LogP contribution is 2.39. The molecule has 1 aliphatic rings. The number of nitro benzene ring substituents is 1. The van der Waals surface area contributed by atoms with E-state index in [0.717, 1.165) is 36.8 Å². The number of cyclic esters (lactones) is 1. The van der Waals surface area contributed by atoms with Crippen molar-refractivity contribution >= 4 is 27.6 Å². The fraction of sp³-hybridized carbons (Fsp3) is 0.231. The Bertz CT molecular complexity index is 1460. The number of non-ortho nitro benzene ring substituents is 1. The summed E-state index contributed by atoms with van der Waals surface area (Å²) in [6, 6.07) is 20.9. The van der Waals surface area contributed by atoms with Gasteiger partial charge in [0, 0.05) is 19.1 Å². The van der Waals surface area contributed by atoms with Crippen molar-refractivity contribution < 1.29 is 32.4 Å². The standard InChI is InChI=1S/C26H24N4O8S/c1-18(31)29(27-28-39(35,36)22-14-12-21(13-15-22)30(33)34)24-23(17-37-16-19-8-4-2-5-9-19)25(38-26(24)32)20-10-6-3-7-11-20/h2-15,23-25H,16-17H2,1H3/b28-27+/t23-,24?,25+/m0/s1. The minimum Gasteiger partial charge on any atom is -0.455 e. The zero-order valence-electron chi connectivity index (χ0n) is 20.7. The first-order chi connectivity index (χ1) is 18.7. The molecule has 1 unspecified atom stereocenters. The summed E-state index contributed by atoms with van der Waals surface area (Å²) in [5, 5.41) is 15.2. The minimum atomic E-state index is -4.46. The highest BCUT2D eigenvalue weighted by Gasteiger charge is 2.50. The third kappa shape index (κ3) is 6.51. The van der Waals surface area contributed by atoms with E-state index in [1.807, 2.05) is 30.3 Å². The Morgan fingerprint density at radius 1 is 1.03 bits per heavy atom. The van der Waals surface area contributed by atoms with E-state index in [1.54, 1.807) is 30.3 Å². The van der Waals surface area contributed by atoms with E-state index in [9.17, 15) is 28.1 Å². The second-order valence-corrected chi connectivity index (χ2v) is 10.2. The monoisotopic (exact) mass is 552 g/mol. The average molecular weight is 553 g/mol. The van der Waals surface area contributed by atoms with Crippen molar-refractivity contribution in [3.8, 4) is 0 Å². The quantitative estimate of drug-likeness (QED) is 0.158. The van der Waals surface area contributed by atoms with Crippen molar-refractivity contribution in [2.24, 2.45) is 15.7 Å². The van der Waals surface area contributed by atoms with Gasteiger partial charge in [-0.15, -0.1) is 0 Å². The van der Waals surface area contributed by atoms with E-state index in [2.05, 4.69) is 9.74 Å². The third-order valence-corrected chi connectivity index (χ3v) is 7.16. The molecule has 1 heterocycles. The molecule has 3 aromatic carbocycles. The predicted molar refractivity (Wildman–Crippen MR) is 136 cm³/mol. The van der Waals surface area contributed by atoms with E-state index in [1.165, 1.54) is 0 Å². The molecule has 3 aromatic rings. The van der Waals surface area contributed by atoms with Crippen molar-refractivity contribution in [2.45, 2.75) is 30.6 Å². The molecule has 0 N–H and O–H groups in total. The molecule has 0 radical (unpaired) electrons. The molecule has 0 aromatic heterocycles. The number of ether oxygens (including phenoxy) is 2. The number of carbonyl (C=O) groups is 2. The molecule has 39 heavy (non-hydrogen) atoms. The van der Waals surface area contributed by atoms with E-state index < -0.39 is 44.9 Å². The zero-order chi connectivity index (χ0) is 28.0. The SMILES string of the molecule is CC(=O)N(/N=N/S(=O)(=O)c1ccc([N+](=O)[O-])cc1)C1C(=O)O[C@H](c2ccccc2)[C@H]1COCc1ccccc1. The Morgan fingerprint density at radius 2 is 1.64 bits per heavy atom.